The van der Waals surface area contributed by atoms with Crippen LogP contribution < -0.4 is 0 Å². The lowest BCUT2D eigenvalue weighted by Crippen LogP contribution is -2.04. The first kappa shape index (κ1) is 13.2. The molecule has 0 saturated carbocycles. The number of ketones is 1. The Kier molecular flexibility index (Phi) is 4.94. The van der Waals surface area contributed by atoms with Crippen LogP contribution in [0.2, 0.25) is 5.02 Å². The van der Waals surface area contributed by atoms with Crippen LogP contribution in [0, 0.1) is 11.7 Å². The van der Waals surface area contributed by atoms with Gasteiger partial charge in [0.2, 0.25) is 0 Å². The Balaban J connectivity index is 2.54. The average molecular weight is 243 g/mol. The van der Waals surface area contributed by atoms with E-state index in [-0.39, 0.29) is 11.6 Å². The third-order valence-electron chi connectivity index (χ3n) is 2.32. The van der Waals surface area contributed by atoms with E-state index in [1.165, 1.54) is 18.2 Å². The standard InChI is InChI=1S/C13H16ClFO/c1-9(2)7-12(16)5-3-10-8-11(15)4-6-13(10)14/h4,6,8-9H,3,5,7H2,1-2H3. The number of Topliss-reactive ketones (excluding diaryl/α,β-unsaturated/α-hetero) is 1. The molecule has 0 radical (unpaired) electrons. The van der Waals surface area contributed by atoms with E-state index in [1.54, 1.807) is 0 Å². The molecule has 0 aliphatic carbocycles. The van der Waals surface area contributed by atoms with Crippen LogP contribution in [0.3, 0.4) is 0 Å². The number of carbonyl (C=O) groups excluding carboxylic acids is 1. The van der Waals surface area contributed by atoms with Crippen molar-refractivity contribution >= 4 is 17.4 Å². The maximum absolute atomic E-state index is 12.9. The molecule has 0 bridgehead atoms. The van der Waals surface area contributed by atoms with Gasteiger partial charge in [-0.05, 0) is 36.1 Å². The minimum Gasteiger partial charge on any atom is -0.300 e. The normalized spacial score (nSPS) is 10.8. The molecule has 0 atom stereocenters. The third-order valence-corrected chi connectivity index (χ3v) is 2.69. The zero-order valence-corrected chi connectivity index (χ0v) is 10.4. The Hall–Kier alpha value is -0.890. The van der Waals surface area contributed by atoms with Gasteiger partial charge in [-0.2, -0.15) is 0 Å². The van der Waals surface area contributed by atoms with Gasteiger partial charge in [0.1, 0.15) is 11.6 Å². The number of carbonyl (C=O) groups is 1. The SMILES string of the molecule is CC(C)CC(=O)CCc1cc(F)ccc1Cl. The predicted octanol–water partition coefficient (Wildman–Crippen LogP) is 4.03. The highest BCUT2D eigenvalue weighted by molar-refractivity contribution is 6.31. The predicted molar refractivity (Wildman–Crippen MR) is 64.2 cm³/mol. The van der Waals surface area contributed by atoms with Gasteiger partial charge in [-0.25, -0.2) is 4.39 Å². The topological polar surface area (TPSA) is 17.1 Å². The molecule has 0 amide bonds. The summed E-state index contributed by atoms with van der Waals surface area (Å²) in [4.78, 5) is 11.5. The van der Waals surface area contributed by atoms with E-state index in [0.29, 0.717) is 35.8 Å². The lowest BCUT2D eigenvalue weighted by molar-refractivity contribution is -0.119. The molecule has 0 saturated heterocycles. The van der Waals surface area contributed by atoms with Crippen molar-refractivity contribution in [1.29, 1.82) is 0 Å². The molecular formula is C13H16ClFO. The van der Waals surface area contributed by atoms with E-state index in [4.69, 9.17) is 11.6 Å². The van der Waals surface area contributed by atoms with Crippen molar-refractivity contribution in [2.24, 2.45) is 5.92 Å². The molecule has 1 nitrogen and oxygen atoms in total. The Bertz CT molecular complexity index is 374. The molecule has 3 heteroatoms. The first-order chi connectivity index (χ1) is 7.49. The van der Waals surface area contributed by atoms with Crippen LogP contribution in [-0.2, 0) is 11.2 Å². The van der Waals surface area contributed by atoms with E-state index < -0.39 is 0 Å². The zero-order valence-electron chi connectivity index (χ0n) is 9.59. The van der Waals surface area contributed by atoms with Crippen LogP contribution in [0.5, 0.6) is 0 Å². The summed E-state index contributed by atoms with van der Waals surface area (Å²) in [5.41, 5.74) is 0.707. The largest absolute Gasteiger partial charge is 0.300 e. The minimum absolute atomic E-state index is 0.204. The van der Waals surface area contributed by atoms with Crippen molar-refractivity contribution in [2.45, 2.75) is 33.1 Å². The number of rotatable bonds is 5. The molecule has 0 aliphatic heterocycles. The molecular weight excluding hydrogens is 227 g/mol. The van der Waals surface area contributed by atoms with Gasteiger partial charge in [-0.15, -0.1) is 0 Å². The summed E-state index contributed by atoms with van der Waals surface area (Å²) in [6.07, 6.45) is 1.52. The third kappa shape index (κ3) is 4.31. The molecule has 1 rings (SSSR count). The Labute approximate surface area is 101 Å². The average Bonchev–Trinajstić information content (AvgIpc) is 2.18. The molecule has 0 spiro atoms. The van der Waals surface area contributed by atoms with Gasteiger partial charge in [-0.3, -0.25) is 4.79 Å². The summed E-state index contributed by atoms with van der Waals surface area (Å²) in [6.45, 7) is 4.01. The summed E-state index contributed by atoms with van der Waals surface area (Å²) in [7, 11) is 0. The van der Waals surface area contributed by atoms with Gasteiger partial charge < -0.3 is 0 Å². The van der Waals surface area contributed by atoms with E-state index in [2.05, 4.69) is 0 Å². The van der Waals surface area contributed by atoms with Crippen molar-refractivity contribution in [3.8, 4) is 0 Å². The monoisotopic (exact) mass is 242 g/mol. The fourth-order valence-electron chi connectivity index (χ4n) is 1.57. The molecule has 1 aromatic rings. The summed E-state index contributed by atoms with van der Waals surface area (Å²) >= 11 is 5.91. The van der Waals surface area contributed by atoms with Crippen LogP contribution in [0.1, 0.15) is 32.3 Å². The summed E-state index contributed by atoms with van der Waals surface area (Å²) in [5, 5.41) is 0.527. The molecule has 0 aromatic heterocycles. The van der Waals surface area contributed by atoms with E-state index in [0.717, 1.165) is 0 Å². The van der Waals surface area contributed by atoms with Crippen molar-refractivity contribution in [2.75, 3.05) is 0 Å². The molecule has 0 N–H and O–H groups in total. The van der Waals surface area contributed by atoms with E-state index in [9.17, 15) is 9.18 Å². The van der Waals surface area contributed by atoms with Gasteiger partial charge in [0, 0.05) is 17.9 Å². The molecule has 16 heavy (non-hydrogen) atoms. The first-order valence-electron chi connectivity index (χ1n) is 5.44. The number of benzene rings is 1. The lowest BCUT2D eigenvalue weighted by Gasteiger charge is -2.05. The highest BCUT2D eigenvalue weighted by atomic mass is 35.5. The quantitative estimate of drug-likeness (QED) is 0.762. The molecule has 0 unspecified atom stereocenters. The van der Waals surface area contributed by atoms with Crippen LogP contribution in [0.15, 0.2) is 18.2 Å². The van der Waals surface area contributed by atoms with Crippen molar-refractivity contribution in [3.05, 3.63) is 34.6 Å². The second-order valence-corrected chi connectivity index (χ2v) is 4.78. The zero-order chi connectivity index (χ0) is 12.1. The van der Waals surface area contributed by atoms with Crippen LogP contribution >= 0.6 is 11.6 Å². The van der Waals surface area contributed by atoms with Crippen LogP contribution in [-0.4, -0.2) is 5.78 Å². The van der Waals surface area contributed by atoms with Gasteiger partial charge in [0.15, 0.2) is 0 Å². The summed E-state index contributed by atoms with van der Waals surface area (Å²) < 4.78 is 12.9. The second-order valence-electron chi connectivity index (χ2n) is 4.37. The van der Waals surface area contributed by atoms with E-state index >= 15 is 0 Å². The highest BCUT2D eigenvalue weighted by Gasteiger charge is 2.08. The Morgan fingerprint density at radius 2 is 2.12 bits per heavy atom. The van der Waals surface area contributed by atoms with Gasteiger partial charge in [0.25, 0.3) is 0 Å². The number of hydrogen-bond acceptors (Lipinski definition) is 1. The van der Waals surface area contributed by atoms with Crippen molar-refractivity contribution in [1.82, 2.24) is 0 Å². The number of aryl methyl sites for hydroxylation is 1. The summed E-state index contributed by atoms with van der Waals surface area (Å²) in [6, 6.07) is 4.24. The van der Waals surface area contributed by atoms with Gasteiger partial charge in [-0.1, -0.05) is 25.4 Å². The van der Waals surface area contributed by atoms with Crippen LogP contribution in [0.25, 0.3) is 0 Å². The van der Waals surface area contributed by atoms with Crippen LogP contribution in [0.4, 0.5) is 4.39 Å². The first-order valence-corrected chi connectivity index (χ1v) is 5.82. The minimum atomic E-state index is -0.310. The number of hydrogen-bond donors (Lipinski definition) is 0. The van der Waals surface area contributed by atoms with Gasteiger partial charge >= 0.3 is 0 Å². The smallest absolute Gasteiger partial charge is 0.133 e. The fraction of sp³-hybridized carbons (Fsp3) is 0.462. The molecule has 88 valence electrons. The molecule has 1 aromatic carbocycles. The maximum atomic E-state index is 12.9. The fourth-order valence-corrected chi connectivity index (χ4v) is 1.78. The maximum Gasteiger partial charge on any atom is 0.133 e. The van der Waals surface area contributed by atoms with Crippen molar-refractivity contribution in [3.63, 3.8) is 0 Å². The van der Waals surface area contributed by atoms with E-state index in [1.807, 2.05) is 13.8 Å². The highest BCUT2D eigenvalue weighted by Crippen LogP contribution is 2.19. The number of halogens is 2. The molecule has 0 aliphatic rings. The molecule has 0 heterocycles. The van der Waals surface area contributed by atoms with Gasteiger partial charge in [0.05, 0.1) is 0 Å². The second kappa shape index (κ2) is 6.00. The summed E-state index contributed by atoms with van der Waals surface area (Å²) in [5.74, 6) is 0.265. The lowest BCUT2D eigenvalue weighted by atomic mass is 10.0. The van der Waals surface area contributed by atoms with Crippen molar-refractivity contribution < 1.29 is 9.18 Å². The molecule has 0 fully saturated rings. The Morgan fingerprint density at radius 3 is 2.75 bits per heavy atom. The Morgan fingerprint density at radius 1 is 1.44 bits per heavy atom.